The molecule has 1 aromatic carbocycles. The van der Waals surface area contributed by atoms with E-state index >= 15 is 0 Å². The van der Waals surface area contributed by atoms with E-state index in [2.05, 4.69) is 0 Å². The van der Waals surface area contributed by atoms with Crippen molar-refractivity contribution >= 4 is 18.3 Å². The Morgan fingerprint density at radius 3 is 2.37 bits per heavy atom. The SMILES string of the molecule is CN(CC(C)(C)CN)C(=O)Cn1c(=O)ccn(Cc2ccccc2)c1=O.Cl. The topological polar surface area (TPSA) is 90.3 Å². The summed E-state index contributed by atoms with van der Waals surface area (Å²) in [7, 11) is 1.65. The van der Waals surface area contributed by atoms with Crippen molar-refractivity contribution in [3.63, 3.8) is 0 Å². The van der Waals surface area contributed by atoms with Crippen molar-refractivity contribution < 1.29 is 4.79 Å². The van der Waals surface area contributed by atoms with Gasteiger partial charge < -0.3 is 10.6 Å². The number of halogens is 1. The number of nitrogens with zero attached hydrogens (tertiary/aromatic N) is 3. The molecule has 0 fully saturated rings. The van der Waals surface area contributed by atoms with Crippen molar-refractivity contribution in [1.82, 2.24) is 14.0 Å². The highest BCUT2D eigenvalue weighted by atomic mass is 35.5. The molecule has 148 valence electrons. The number of benzene rings is 1. The molecule has 1 heterocycles. The molecule has 0 aliphatic carbocycles. The number of hydrogen-bond donors (Lipinski definition) is 1. The fourth-order valence-electron chi connectivity index (χ4n) is 2.65. The smallest absolute Gasteiger partial charge is 0.331 e. The Bertz CT molecular complexity index is 875. The molecule has 7 nitrogen and oxygen atoms in total. The third-order valence-electron chi connectivity index (χ3n) is 4.27. The first-order chi connectivity index (χ1) is 12.2. The highest BCUT2D eigenvalue weighted by molar-refractivity contribution is 5.85. The Labute approximate surface area is 164 Å². The molecule has 2 N–H and O–H groups in total. The summed E-state index contributed by atoms with van der Waals surface area (Å²) in [4.78, 5) is 38.7. The maximum absolute atomic E-state index is 12.6. The average Bonchev–Trinajstić information content (AvgIpc) is 2.61. The van der Waals surface area contributed by atoms with Crippen molar-refractivity contribution in [2.24, 2.45) is 11.1 Å². The minimum absolute atomic E-state index is 0. The van der Waals surface area contributed by atoms with Gasteiger partial charge in [0.15, 0.2) is 0 Å². The van der Waals surface area contributed by atoms with Crippen LogP contribution in [0.25, 0.3) is 0 Å². The number of aromatic nitrogens is 2. The Balaban J connectivity index is 0.00000364. The van der Waals surface area contributed by atoms with Gasteiger partial charge in [0.2, 0.25) is 5.91 Å². The standard InChI is InChI=1S/C19H26N4O3.ClH/c1-19(2,13-20)14-21(3)17(25)12-23-16(24)9-10-22(18(23)26)11-15-7-5-4-6-8-15;/h4-10H,11-14,20H2,1-3H3;1H. The predicted molar refractivity (Wildman–Crippen MR) is 108 cm³/mol. The first-order valence-corrected chi connectivity index (χ1v) is 8.52. The third-order valence-corrected chi connectivity index (χ3v) is 4.27. The lowest BCUT2D eigenvalue weighted by atomic mass is 9.93. The second-order valence-corrected chi connectivity index (χ2v) is 7.25. The maximum atomic E-state index is 12.6. The van der Waals surface area contributed by atoms with E-state index in [9.17, 15) is 14.4 Å². The first-order valence-electron chi connectivity index (χ1n) is 8.52. The molecule has 0 bridgehead atoms. The lowest BCUT2D eigenvalue weighted by molar-refractivity contribution is -0.131. The average molecular weight is 395 g/mol. The van der Waals surface area contributed by atoms with E-state index in [0.29, 0.717) is 19.6 Å². The van der Waals surface area contributed by atoms with Gasteiger partial charge in [-0.15, -0.1) is 12.4 Å². The molecule has 0 radical (unpaired) electrons. The molecule has 2 aromatic rings. The molecule has 0 atom stereocenters. The minimum atomic E-state index is -0.499. The predicted octanol–water partition coefficient (Wildman–Crippen LogP) is 0.923. The van der Waals surface area contributed by atoms with E-state index in [-0.39, 0.29) is 30.3 Å². The molecule has 27 heavy (non-hydrogen) atoms. The van der Waals surface area contributed by atoms with E-state index in [1.165, 1.54) is 21.7 Å². The molecule has 0 aliphatic rings. The summed E-state index contributed by atoms with van der Waals surface area (Å²) in [5.74, 6) is -0.303. The monoisotopic (exact) mass is 394 g/mol. The normalized spacial score (nSPS) is 11.0. The van der Waals surface area contributed by atoms with Gasteiger partial charge in [-0.25, -0.2) is 4.79 Å². The Morgan fingerprint density at radius 2 is 1.78 bits per heavy atom. The summed E-state index contributed by atoms with van der Waals surface area (Å²) >= 11 is 0. The number of carbonyl (C=O) groups is 1. The largest absolute Gasteiger partial charge is 0.344 e. The lowest BCUT2D eigenvalue weighted by Crippen LogP contribution is -2.46. The van der Waals surface area contributed by atoms with Crippen LogP contribution in [0.1, 0.15) is 19.4 Å². The van der Waals surface area contributed by atoms with Crippen LogP contribution in [0.3, 0.4) is 0 Å². The zero-order valence-electron chi connectivity index (χ0n) is 15.9. The van der Waals surface area contributed by atoms with Gasteiger partial charge in [0, 0.05) is 25.9 Å². The van der Waals surface area contributed by atoms with Gasteiger partial charge in [-0.1, -0.05) is 44.2 Å². The van der Waals surface area contributed by atoms with Crippen LogP contribution < -0.4 is 17.0 Å². The van der Waals surface area contributed by atoms with Crippen molar-refractivity contribution in [2.75, 3.05) is 20.1 Å². The van der Waals surface area contributed by atoms with E-state index in [4.69, 9.17) is 5.73 Å². The van der Waals surface area contributed by atoms with Crippen LogP contribution in [0.2, 0.25) is 0 Å². The fourth-order valence-corrected chi connectivity index (χ4v) is 2.65. The number of rotatable bonds is 7. The number of amides is 1. The van der Waals surface area contributed by atoms with Crippen LogP contribution in [0, 0.1) is 5.41 Å². The second-order valence-electron chi connectivity index (χ2n) is 7.25. The fraction of sp³-hybridized carbons (Fsp3) is 0.421. The number of nitrogens with two attached hydrogens (primary N) is 1. The van der Waals surface area contributed by atoms with Crippen LogP contribution in [0.4, 0.5) is 0 Å². The zero-order chi connectivity index (χ0) is 19.3. The summed E-state index contributed by atoms with van der Waals surface area (Å²) in [6, 6.07) is 10.8. The molecule has 0 unspecified atom stereocenters. The van der Waals surface area contributed by atoms with Gasteiger partial charge in [0.25, 0.3) is 5.56 Å². The molecule has 0 spiro atoms. The maximum Gasteiger partial charge on any atom is 0.331 e. The van der Waals surface area contributed by atoms with Crippen LogP contribution in [-0.2, 0) is 17.9 Å². The zero-order valence-corrected chi connectivity index (χ0v) is 16.7. The minimum Gasteiger partial charge on any atom is -0.344 e. The van der Waals surface area contributed by atoms with Crippen molar-refractivity contribution in [3.05, 3.63) is 69.0 Å². The molecule has 0 saturated heterocycles. The molecule has 0 saturated carbocycles. The summed E-state index contributed by atoms with van der Waals surface area (Å²) in [5, 5.41) is 0. The van der Waals surface area contributed by atoms with Gasteiger partial charge in [0.05, 0.1) is 6.54 Å². The quantitative estimate of drug-likeness (QED) is 0.756. The van der Waals surface area contributed by atoms with E-state index in [1.807, 2.05) is 44.2 Å². The van der Waals surface area contributed by atoms with Crippen LogP contribution in [0.15, 0.2) is 52.2 Å². The van der Waals surface area contributed by atoms with Gasteiger partial charge in [-0.05, 0) is 17.5 Å². The summed E-state index contributed by atoms with van der Waals surface area (Å²) in [6.07, 6.45) is 1.46. The van der Waals surface area contributed by atoms with Crippen molar-refractivity contribution in [2.45, 2.75) is 26.9 Å². The molecule has 1 aromatic heterocycles. The van der Waals surface area contributed by atoms with Gasteiger partial charge in [0.1, 0.15) is 6.54 Å². The van der Waals surface area contributed by atoms with Crippen LogP contribution >= 0.6 is 12.4 Å². The first kappa shape index (κ1) is 22.7. The summed E-state index contributed by atoms with van der Waals surface area (Å²) < 4.78 is 2.39. The van der Waals surface area contributed by atoms with E-state index < -0.39 is 11.2 Å². The van der Waals surface area contributed by atoms with Crippen LogP contribution in [-0.4, -0.2) is 40.1 Å². The van der Waals surface area contributed by atoms with E-state index in [0.717, 1.165) is 10.1 Å². The molecular formula is C19H27ClN4O3. The van der Waals surface area contributed by atoms with Gasteiger partial charge in [-0.3, -0.25) is 18.7 Å². The molecule has 1 amide bonds. The Morgan fingerprint density at radius 1 is 1.15 bits per heavy atom. The Hall–Kier alpha value is -2.38. The number of hydrogen-bond acceptors (Lipinski definition) is 4. The molecule has 8 heteroatoms. The summed E-state index contributed by atoms with van der Waals surface area (Å²) in [5.41, 5.74) is 5.42. The highest BCUT2D eigenvalue weighted by Gasteiger charge is 2.22. The van der Waals surface area contributed by atoms with Gasteiger partial charge >= 0.3 is 5.69 Å². The lowest BCUT2D eigenvalue weighted by Gasteiger charge is -2.29. The van der Waals surface area contributed by atoms with Gasteiger partial charge in [-0.2, -0.15) is 0 Å². The van der Waals surface area contributed by atoms with E-state index in [1.54, 1.807) is 7.05 Å². The Kier molecular flexibility index (Phi) is 7.99. The number of carbonyl (C=O) groups excluding carboxylic acids is 1. The second kappa shape index (κ2) is 9.53. The molecular weight excluding hydrogens is 368 g/mol. The molecule has 2 rings (SSSR count). The highest BCUT2D eigenvalue weighted by Crippen LogP contribution is 2.13. The molecule has 0 aliphatic heterocycles. The van der Waals surface area contributed by atoms with Crippen molar-refractivity contribution in [1.29, 1.82) is 0 Å². The number of likely N-dealkylation sites (N-methyl/N-ethyl adjacent to an activating group) is 1. The van der Waals surface area contributed by atoms with Crippen LogP contribution in [0.5, 0.6) is 0 Å². The van der Waals surface area contributed by atoms with Crippen molar-refractivity contribution in [3.8, 4) is 0 Å². The third kappa shape index (κ3) is 6.08. The summed E-state index contributed by atoms with van der Waals surface area (Å²) in [6.45, 7) is 4.84.